The van der Waals surface area contributed by atoms with Gasteiger partial charge in [-0.15, -0.1) is 10.2 Å². The van der Waals surface area contributed by atoms with E-state index in [0.29, 0.717) is 11.3 Å². The predicted molar refractivity (Wildman–Crippen MR) is 106 cm³/mol. The Bertz CT molecular complexity index is 1100. The first-order valence-corrected chi connectivity index (χ1v) is 8.89. The number of halogens is 1. The molecule has 0 unspecified atom stereocenters. The zero-order chi connectivity index (χ0) is 18.1. The molecule has 0 saturated carbocycles. The molecule has 0 spiro atoms. The standard InChI is InChI=1S/C20H15BrN4O/c1-13-6-9-15(10-7-13)25-23-18-11-8-14(12-19(18)24-25)22-20(26)16-4-2-3-5-17(16)21/h2-12H,1H3,(H,22,26). The number of anilines is 1. The van der Waals surface area contributed by atoms with Crippen molar-refractivity contribution in [3.63, 3.8) is 0 Å². The zero-order valence-electron chi connectivity index (χ0n) is 14.0. The second-order valence-corrected chi connectivity index (χ2v) is 6.82. The summed E-state index contributed by atoms with van der Waals surface area (Å²) < 4.78 is 0.754. The van der Waals surface area contributed by atoms with Crippen molar-refractivity contribution in [2.24, 2.45) is 0 Å². The van der Waals surface area contributed by atoms with Gasteiger partial charge in [0, 0.05) is 10.2 Å². The van der Waals surface area contributed by atoms with E-state index in [-0.39, 0.29) is 5.91 Å². The number of amides is 1. The number of benzene rings is 3. The number of carbonyl (C=O) groups is 1. The fourth-order valence-corrected chi connectivity index (χ4v) is 3.09. The van der Waals surface area contributed by atoms with Crippen molar-refractivity contribution in [1.82, 2.24) is 15.0 Å². The van der Waals surface area contributed by atoms with E-state index < -0.39 is 0 Å². The Morgan fingerprint density at radius 2 is 1.69 bits per heavy atom. The molecule has 128 valence electrons. The summed E-state index contributed by atoms with van der Waals surface area (Å²) in [6.45, 7) is 2.04. The molecule has 1 amide bonds. The minimum absolute atomic E-state index is 0.178. The molecule has 0 fully saturated rings. The molecule has 0 aliphatic heterocycles. The number of aromatic nitrogens is 3. The molecule has 0 aliphatic carbocycles. The molecule has 0 radical (unpaired) electrons. The topological polar surface area (TPSA) is 59.8 Å². The van der Waals surface area contributed by atoms with E-state index in [9.17, 15) is 4.79 Å². The van der Waals surface area contributed by atoms with E-state index in [2.05, 4.69) is 31.4 Å². The molecule has 1 heterocycles. The monoisotopic (exact) mass is 406 g/mol. The first-order valence-electron chi connectivity index (χ1n) is 8.10. The molecule has 0 bridgehead atoms. The minimum Gasteiger partial charge on any atom is -0.322 e. The van der Waals surface area contributed by atoms with Gasteiger partial charge in [-0.25, -0.2) is 0 Å². The Hall–Kier alpha value is -2.99. The number of aryl methyl sites for hydroxylation is 1. The summed E-state index contributed by atoms with van der Waals surface area (Å²) in [5, 5.41) is 11.9. The van der Waals surface area contributed by atoms with Gasteiger partial charge >= 0.3 is 0 Å². The molecule has 4 aromatic rings. The van der Waals surface area contributed by atoms with E-state index in [1.54, 1.807) is 10.9 Å². The van der Waals surface area contributed by atoms with Crippen LogP contribution in [0, 0.1) is 6.92 Å². The smallest absolute Gasteiger partial charge is 0.256 e. The average Bonchev–Trinajstić information content (AvgIpc) is 3.06. The summed E-state index contributed by atoms with van der Waals surface area (Å²) >= 11 is 3.40. The van der Waals surface area contributed by atoms with Crippen molar-refractivity contribution < 1.29 is 4.79 Å². The summed E-state index contributed by atoms with van der Waals surface area (Å²) in [5.41, 5.74) is 4.82. The quantitative estimate of drug-likeness (QED) is 0.534. The maximum Gasteiger partial charge on any atom is 0.256 e. The highest BCUT2D eigenvalue weighted by molar-refractivity contribution is 9.10. The second kappa shape index (κ2) is 6.72. The molecule has 1 aromatic heterocycles. The fraction of sp³-hybridized carbons (Fsp3) is 0.0500. The molecular weight excluding hydrogens is 392 g/mol. The first-order chi connectivity index (χ1) is 12.6. The summed E-state index contributed by atoms with van der Waals surface area (Å²) in [6, 6.07) is 20.8. The van der Waals surface area contributed by atoms with Crippen LogP contribution in [0.5, 0.6) is 0 Å². The summed E-state index contributed by atoms with van der Waals surface area (Å²) in [6.07, 6.45) is 0. The van der Waals surface area contributed by atoms with Crippen molar-refractivity contribution >= 4 is 38.6 Å². The molecular formula is C20H15BrN4O. The van der Waals surface area contributed by atoms with Crippen LogP contribution in [0.1, 0.15) is 15.9 Å². The van der Waals surface area contributed by atoms with Gasteiger partial charge in [-0.05, 0) is 65.3 Å². The lowest BCUT2D eigenvalue weighted by Crippen LogP contribution is -2.12. The highest BCUT2D eigenvalue weighted by atomic mass is 79.9. The number of rotatable bonds is 3. The van der Waals surface area contributed by atoms with Crippen LogP contribution in [0.2, 0.25) is 0 Å². The average molecular weight is 407 g/mol. The highest BCUT2D eigenvalue weighted by Crippen LogP contribution is 2.21. The molecule has 0 saturated heterocycles. The minimum atomic E-state index is -0.178. The largest absolute Gasteiger partial charge is 0.322 e. The Balaban J connectivity index is 1.62. The fourth-order valence-electron chi connectivity index (χ4n) is 2.63. The second-order valence-electron chi connectivity index (χ2n) is 5.96. The summed E-state index contributed by atoms with van der Waals surface area (Å²) in [5.74, 6) is -0.178. The van der Waals surface area contributed by atoms with Crippen LogP contribution in [-0.4, -0.2) is 20.9 Å². The van der Waals surface area contributed by atoms with Gasteiger partial charge < -0.3 is 5.32 Å². The van der Waals surface area contributed by atoms with Crippen molar-refractivity contribution in [3.8, 4) is 5.69 Å². The summed E-state index contributed by atoms with van der Waals surface area (Å²) in [7, 11) is 0. The first kappa shape index (κ1) is 16.5. The third-order valence-corrected chi connectivity index (χ3v) is 4.71. The van der Waals surface area contributed by atoms with Gasteiger partial charge in [-0.3, -0.25) is 4.79 Å². The number of hydrogen-bond donors (Lipinski definition) is 1. The third-order valence-electron chi connectivity index (χ3n) is 4.02. The highest BCUT2D eigenvalue weighted by Gasteiger charge is 2.11. The van der Waals surface area contributed by atoms with E-state index in [0.717, 1.165) is 21.2 Å². The predicted octanol–water partition coefficient (Wildman–Crippen LogP) is 4.74. The van der Waals surface area contributed by atoms with Gasteiger partial charge in [0.25, 0.3) is 5.91 Å². The Morgan fingerprint density at radius 3 is 2.46 bits per heavy atom. The van der Waals surface area contributed by atoms with Crippen LogP contribution in [0.15, 0.2) is 71.2 Å². The van der Waals surface area contributed by atoms with Crippen LogP contribution in [0.25, 0.3) is 16.7 Å². The van der Waals surface area contributed by atoms with Crippen molar-refractivity contribution in [3.05, 3.63) is 82.3 Å². The van der Waals surface area contributed by atoms with Gasteiger partial charge in [0.05, 0.1) is 11.3 Å². The maximum absolute atomic E-state index is 12.4. The molecule has 26 heavy (non-hydrogen) atoms. The lowest BCUT2D eigenvalue weighted by molar-refractivity contribution is 0.102. The van der Waals surface area contributed by atoms with E-state index in [1.807, 2.05) is 67.6 Å². The number of hydrogen-bond acceptors (Lipinski definition) is 3. The maximum atomic E-state index is 12.4. The lowest BCUT2D eigenvalue weighted by atomic mass is 10.2. The summed E-state index contributed by atoms with van der Waals surface area (Å²) in [4.78, 5) is 14.0. The van der Waals surface area contributed by atoms with Crippen molar-refractivity contribution in [2.75, 3.05) is 5.32 Å². The molecule has 0 atom stereocenters. The zero-order valence-corrected chi connectivity index (χ0v) is 15.6. The van der Waals surface area contributed by atoms with Crippen LogP contribution in [0.3, 0.4) is 0 Å². The van der Waals surface area contributed by atoms with Crippen LogP contribution >= 0.6 is 15.9 Å². The molecule has 6 heteroatoms. The molecule has 5 nitrogen and oxygen atoms in total. The van der Waals surface area contributed by atoms with Gasteiger partial charge in [0.1, 0.15) is 11.0 Å². The SMILES string of the molecule is Cc1ccc(-n2nc3ccc(NC(=O)c4ccccc4Br)cc3n2)cc1. The van der Waals surface area contributed by atoms with Gasteiger partial charge in [-0.1, -0.05) is 29.8 Å². The van der Waals surface area contributed by atoms with Gasteiger partial charge in [0.2, 0.25) is 0 Å². The Labute approximate surface area is 158 Å². The van der Waals surface area contributed by atoms with E-state index >= 15 is 0 Å². The van der Waals surface area contributed by atoms with E-state index in [4.69, 9.17) is 0 Å². The lowest BCUT2D eigenvalue weighted by Gasteiger charge is -2.06. The van der Waals surface area contributed by atoms with Gasteiger partial charge in [-0.2, -0.15) is 4.80 Å². The molecule has 1 N–H and O–H groups in total. The molecule has 4 rings (SSSR count). The normalized spacial score (nSPS) is 10.8. The molecule has 3 aromatic carbocycles. The third kappa shape index (κ3) is 3.23. The van der Waals surface area contributed by atoms with Crippen LogP contribution < -0.4 is 5.32 Å². The van der Waals surface area contributed by atoms with Crippen LogP contribution in [0.4, 0.5) is 5.69 Å². The van der Waals surface area contributed by atoms with E-state index in [1.165, 1.54) is 5.56 Å². The number of fused-ring (bicyclic) bond motifs is 1. The van der Waals surface area contributed by atoms with Crippen molar-refractivity contribution in [1.29, 1.82) is 0 Å². The number of nitrogens with one attached hydrogen (secondary N) is 1. The molecule has 0 aliphatic rings. The number of nitrogens with zero attached hydrogens (tertiary/aromatic N) is 3. The van der Waals surface area contributed by atoms with Gasteiger partial charge in [0.15, 0.2) is 0 Å². The van der Waals surface area contributed by atoms with Crippen LogP contribution in [-0.2, 0) is 0 Å². The Kier molecular flexibility index (Phi) is 4.26. The van der Waals surface area contributed by atoms with Crippen molar-refractivity contribution in [2.45, 2.75) is 6.92 Å². The Morgan fingerprint density at radius 1 is 0.962 bits per heavy atom. The number of carbonyl (C=O) groups excluding carboxylic acids is 1.